The van der Waals surface area contributed by atoms with Crippen LogP contribution in [0.5, 0.6) is 0 Å². The molecule has 8 heteroatoms. The number of likely N-dealkylation sites (tertiary alicyclic amines) is 1. The molecular weight excluding hydrogens is 510 g/mol. The Labute approximate surface area is 236 Å². The summed E-state index contributed by atoms with van der Waals surface area (Å²) in [5.74, 6) is -1.30. The molecule has 0 aliphatic carbocycles. The Morgan fingerprint density at radius 1 is 0.949 bits per heavy atom. The van der Waals surface area contributed by atoms with Crippen molar-refractivity contribution in [3.05, 3.63) is 53.6 Å². The highest BCUT2D eigenvalue weighted by Crippen LogP contribution is 2.65. The molecule has 2 saturated heterocycles. The Morgan fingerprint density at radius 2 is 1.72 bits per heavy atom. The van der Waals surface area contributed by atoms with Crippen molar-refractivity contribution in [3.63, 3.8) is 0 Å². The number of aliphatic hydroxyl groups excluding tert-OH is 1. The minimum atomic E-state index is -0.827. The number of anilines is 1. The number of hydrogen-bond donors (Lipinski definition) is 1. The predicted octanol–water partition coefficient (Wildman–Crippen LogP) is 3.86. The second-order valence-electron chi connectivity index (χ2n) is 11.6. The molecule has 7 nitrogen and oxygen atoms in total. The van der Waals surface area contributed by atoms with E-state index in [0.29, 0.717) is 39.0 Å². The van der Waals surface area contributed by atoms with Crippen LogP contribution in [0.3, 0.4) is 0 Å². The van der Waals surface area contributed by atoms with Gasteiger partial charge in [0.25, 0.3) is 5.91 Å². The number of benzene rings is 1. The lowest BCUT2D eigenvalue weighted by Gasteiger charge is -2.37. The number of carbonyl (C=O) groups excluding carboxylic acids is 3. The van der Waals surface area contributed by atoms with Crippen LogP contribution in [0.15, 0.2) is 42.5 Å². The van der Waals surface area contributed by atoms with Crippen LogP contribution in [0.4, 0.5) is 5.69 Å². The summed E-state index contributed by atoms with van der Waals surface area (Å²) < 4.78 is -1.41. The van der Waals surface area contributed by atoms with Crippen LogP contribution >= 0.6 is 11.8 Å². The SMILES string of the molecule is CCCN1CC=C[C@]2(C)S[C@]34C=CCN(c5cc(C)ccc5C)C(=O)C3N(CCCCCO)C(=O)[C@@H]4[C@@H]2C1=O. The third-order valence-electron chi connectivity index (χ3n) is 8.85. The fourth-order valence-electron chi connectivity index (χ4n) is 7.08. The highest BCUT2D eigenvalue weighted by molar-refractivity contribution is 8.02. The van der Waals surface area contributed by atoms with Gasteiger partial charge in [-0.25, -0.2) is 0 Å². The first-order valence-electron chi connectivity index (χ1n) is 14.3. The van der Waals surface area contributed by atoms with Gasteiger partial charge in [-0.2, -0.15) is 0 Å². The number of aliphatic hydroxyl groups is 1. The Kier molecular flexibility index (Phi) is 7.72. The van der Waals surface area contributed by atoms with Gasteiger partial charge in [-0.1, -0.05) is 43.4 Å². The number of carbonyl (C=O) groups is 3. The molecule has 1 aromatic carbocycles. The number of hydrogen-bond acceptors (Lipinski definition) is 5. The van der Waals surface area contributed by atoms with Crippen molar-refractivity contribution in [2.24, 2.45) is 11.8 Å². The quantitative estimate of drug-likeness (QED) is 0.392. The lowest BCUT2D eigenvalue weighted by atomic mass is 9.74. The molecule has 4 aliphatic heterocycles. The molecule has 2 fully saturated rings. The van der Waals surface area contributed by atoms with Gasteiger partial charge in [-0.3, -0.25) is 14.4 Å². The maximum atomic E-state index is 14.6. The zero-order chi connectivity index (χ0) is 27.9. The van der Waals surface area contributed by atoms with Crippen molar-refractivity contribution in [2.75, 3.05) is 37.7 Å². The number of unbranched alkanes of at least 4 members (excludes halogenated alkanes) is 2. The summed E-state index contributed by atoms with van der Waals surface area (Å²) in [5.41, 5.74) is 2.95. The van der Waals surface area contributed by atoms with Gasteiger partial charge >= 0.3 is 0 Å². The number of rotatable bonds is 8. The number of fused-ring (bicyclic) bond motifs is 2. The van der Waals surface area contributed by atoms with Gasteiger partial charge in [0, 0.05) is 43.2 Å². The Balaban J connectivity index is 1.61. The molecule has 5 atom stereocenters. The van der Waals surface area contributed by atoms with E-state index < -0.39 is 27.4 Å². The molecule has 0 bridgehead atoms. The fraction of sp³-hybridized carbons (Fsp3) is 0.581. The van der Waals surface area contributed by atoms with Crippen LogP contribution in [0, 0.1) is 25.7 Å². The predicted molar refractivity (Wildman–Crippen MR) is 156 cm³/mol. The molecule has 1 N–H and O–H groups in total. The molecule has 210 valence electrons. The van der Waals surface area contributed by atoms with Crippen molar-refractivity contribution < 1.29 is 19.5 Å². The van der Waals surface area contributed by atoms with Gasteiger partial charge in [0.1, 0.15) is 6.04 Å². The number of amides is 3. The molecule has 3 amide bonds. The van der Waals surface area contributed by atoms with Crippen LogP contribution in [-0.4, -0.2) is 80.9 Å². The normalized spacial score (nSPS) is 31.9. The van der Waals surface area contributed by atoms with Crippen LogP contribution in [-0.2, 0) is 14.4 Å². The van der Waals surface area contributed by atoms with E-state index in [1.807, 2.05) is 47.9 Å². The van der Waals surface area contributed by atoms with E-state index in [0.717, 1.165) is 29.7 Å². The van der Waals surface area contributed by atoms with Crippen LogP contribution in [0.25, 0.3) is 0 Å². The summed E-state index contributed by atoms with van der Waals surface area (Å²) in [7, 11) is 0. The molecule has 5 rings (SSSR count). The molecule has 4 aliphatic rings. The summed E-state index contributed by atoms with van der Waals surface area (Å²) in [5, 5.41) is 9.30. The largest absolute Gasteiger partial charge is 0.396 e. The topological polar surface area (TPSA) is 81.2 Å². The smallest absolute Gasteiger partial charge is 0.251 e. The minimum Gasteiger partial charge on any atom is -0.396 e. The van der Waals surface area contributed by atoms with Gasteiger partial charge < -0.3 is 19.8 Å². The standard InChI is InChI=1S/C31H41N3O4S/c1-5-15-32-16-9-13-30(4)24(27(32)36)25-28(37)34(17-7-6-8-19-35)26-29(38)33(18-10-14-31(25,26)39-30)23-20-21(2)11-12-22(23)3/h9-14,20,24-26,35H,5-8,15-19H2,1-4H3/t24-,25+,26?,30+,31+/m1/s1. The summed E-state index contributed by atoms with van der Waals surface area (Å²) in [4.78, 5) is 48.6. The molecule has 39 heavy (non-hydrogen) atoms. The molecule has 1 aromatic rings. The number of nitrogens with zero attached hydrogens (tertiary/aromatic N) is 3. The summed E-state index contributed by atoms with van der Waals surface area (Å²) in [6.45, 7) is 10.3. The minimum absolute atomic E-state index is 0.0180. The Hall–Kier alpha value is -2.58. The van der Waals surface area contributed by atoms with Crippen molar-refractivity contribution in [2.45, 2.75) is 68.9 Å². The summed E-state index contributed by atoms with van der Waals surface area (Å²) >= 11 is 1.64. The van der Waals surface area contributed by atoms with Crippen molar-refractivity contribution >= 4 is 35.2 Å². The zero-order valence-corrected chi connectivity index (χ0v) is 24.4. The monoisotopic (exact) mass is 551 g/mol. The van der Waals surface area contributed by atoms with Crippen molar-refractivity contribution in [1.29, 1.82) is 0 Å². The highest BCUT2D eigenvalue weighted by atomic mass is 32.2. The van der Waals surface area contributed by atoms with Crippen LogP contribution in [0.2, 0.25) is 0 Å². The molecule has 0 aromatic heterocycles. The average molecular weight is 552 g/mol. The van der Waals surface area contributed by atoms with E-state index in [9.17, 15) is 19.5 Å². The van der Waals surface area contributed by atoms with Crippen molar-refractivity contribution in [3.8, 4) is 0 Å². The first-order chi connectivity index (χ1) is 18.7. The van der Waals surface area contributed by atoms with Crippen LogP contribution in [0.1, 0.15) is 50.7 Å². The highest BCUT2D eigenvalue weighted by Gasteiger charge is 2.73. The Morgan fingerprint density at radius 3 is 2.46 bits per heavy atom. The van der Waals surface area contributed by atoms with E-state index in [4.69, 9.17) is 0 Å². The van der Waals surface area contributed by atoms with Crippen molar-refractivity contribution in [1.82, 2.24) is 9.80 Å². The third-order valence-corrected chi connectivity index (χ3v) is 10.6. The van der Waals surface area contributed by atoms with Crippen LogP contribution < -0.4 is 4.90 Å². The molecule has 4 heterocycles. The zero-order valence-electron chi connectivity index (χ0n) is 23.6. The number of thioether (sulfide) groups is 1. The second kappa shape index (κ2) is 10.8. The maximum Gasteiger partial charge on any atom is 0.251 e. The van der Waals surface area contributed by atoms with Gasteiger partial charge in [0.2, 0.25) is 11.8 Å². The lowest BCUT2D eigenvalue weighted by Crippen LogP contribution is -2.53. The van der Waals surface area contributed by atoms with Gasteiger partial charge in [0.05, 0.1) is 16.6 Å². The molecule has 1 spiro atoms. The second-order valence-corrected chi connectivity index (χ2v) is 13.4. The van der Waals surface area contributed by atoms with E-state index in [1.54, 1.807) is 16.7 Å². The molecule has 0 radical (unpaired) electrons. The fourth-order valence-corrected chi connectivity index (χ4v) is 9.24. The summed E-state index contributed by atoms with van der Waals surface area (Å²) in [6, 6.07) is 5.42. The lowest BCUT2D eigenvalue weighted by molar-refractivity contribution is -0.143. The molecule has 0 saturated carbocycles. The average Bonchev–Trinajstić information content (AvgIpc) is 3.17. The third kappa shape index (κ3) is 4.53. The first kappa shape index (κ1) is 28.0. The van der Waals surface area contributed by atoms with E-state index in [2.05, 4.69) is 32.1 Å². The van der Waals surface area contributed by atoms with E-state index in [1.165, 1.54) is 0 Å². The molecular formula is C31H41N3O4S. The van der Waals surface area contributed by atoms with Gasteiger partial charge in [-0.15, -0.1) is 11.8 Å². The van der Waals surface area contributed by atoms with E-state index in [-0.39, 0.29) is 24.3 Å². The maximum absolute atomic E-state index is 14.6. The summed E-state index contributed by atoms with van der Waals surface area (Å²) in [6.07, 6.45) is 11.3. The number of aryl methyl sites for hydroxylation is 2. The first-order valence-corrected chi connectivity index (χ1v) is 15.1. The Bertz CT molecular complexity index is 1210. The van der Waals surface area contributed by atoms with Gasteiger partial charge in [-0.05, 0) is 63.6 Å². The van der Waals surface area contributed by atoms with Gasteiger partial charge in [0.15, 0.2) is 0 Å². The molecule has 1 unspecified atom stereocenters. The van der Waals surface area contributed by atoms with E-state index >= 15 is 0 Å².